The third-order valence-corrected chi connectivity index (χ3v) is 6.69. The van der Waals surface area contributed by atoms with Crippen LogP contribution in [0.2, 0.25) is 0 Å². The summed E-state index contributed by atoms with van der Waals surface area (Å²) < 4.78 is 64.4. The van der Waals surface area contributed by atoms with Crippen molar-refractivity contribution < 1.29 is 36.3 Å². The summed E-state index contributed by atoms with van der Waals surface area (Å²) in [4.78, 5) is 26.7. The van der Waals surface area contributed by atoms with Gasteiger partial charge in [0.2, 0.25) is 0 Å². The molecule has 0 aliphatic rings. The van der Waals surface area contributed by atoms with Gasteiger partial charge in [-0.2, -0.15) is 17.5 Å². The van der Waals surface area contributed by atoms with Gasteiger partial charge in [0.25, 0.3) is 21.8 Å². The number of hydrogen-bond donors (Lipinski definition) is 2. The van der Waals surface area contributed by atoms with Gasteiger partial charge in [-0.05, 0) is 47.3 Å². The zero-order valence-electron chi connectivity index (χ0n) is 14.7. The van der Waals surface area contributed by atoms with Gasteiger partial charge in [-0.25, -0.2) is 13.4 Å². The Morgan fingerprint density at radius 2 is 1.90 bits per heavy atom. The van der Waals surface area contributed by atoms with E-state index in [1.165, 1.54) is 11.4 Å². The lowest BCUT2D eigenvalue weighted by Gasteiger charge is -2.27. The van der Waals surface area contributed by atoms with E-state index in [0.29, 0.717) is 23.6 Å². The lowest BCUT2D eigenvalue weighted by Crippen LogP contribution is -2.48. The van der Waals surface area contributed by atoms with E-state index in [-0.39, 0.29) is 9.87 Å². The molecule has 0 radical (unpaired) electrons. The molecule has 3 N–H and O–H groups in total. The summed E-state index contributed by atoms with van der Waals surface area (Å²) in [6, 6.07) is 1.79. The van der Waals surface area contributed by atoms with Crippen molar-refractivity contribution >= 4 is 54.1 Å². The standard InChI is InChI=1S/C15H13BrF3N3O5S2/c1-14(2,25)13(24)22(12-8(11(20)23)3-4-28-12)29(26,27)7-5-9(16)10(21-6-7)15(17,18)19/h3-6,25H,1-2H3,(H2,20,23). The first-order valence-corrected chi connectivity index (χ1v) is 10.6. The lowest BCUT2D eigenvalue weighted by molar-refractivity contribution is -0.141. The SMILES string of the molecule is CC(C)(O)C(=O)N(c1sccc1C(N)=O)S(=O)(=O)c1cnc(C(F)(F)F)c(Br)c1. The predicted molar refractivity (Wildman–Crippen MR) is 101 cm³/mol. The number of pyridine rings is 1. The summed E-state index contributed by atoms with van der Waals surface area (Å²) in [6.07, 6.45) is -4.43. The van der Waals surface area contributed by atoms with Crippen molar-refractivity contribution in [3.05, 3.63) is 39.4 Å². The zero-order valence-corrected chi connectivity index (χ0v) is 17.9. The summed E-state index contributed by atoms with van der Waals surface area (Å²) in [7, 11) is -4.88. The molecule has 2 aromatic rings. The first-order valence-electron chi connectivity index (χ1n) is 7.50. The first-order chi connectivity index (χ1) is 13.1. The molecule has 0 saturated heterocycles. The molecule has 0 fully saturated rings. The van der Waals surface area contributed by atoms with Crippen LogP contribution in [0.5, 0.6) is 0 Å². The van der Waals surface area contributed by atoms with Crippen molar-refractivity contribution in [2.45, 2.75) is 30.5 Å². The predicted octanol–water partition coefficient (Wildman–Crippen LogP) is 2.52. The Kier molecular flexibility index (Phi) is 6.14. The van der Waals surface area contributed by atoms with Crippen LogP contribution in [-0.4, -0.2) is 35.9 Å². The minimum Gasteiger partial charge on any atom is -0.381 e. The fourth-order valence-corrected chi connectivity index (χ4v) is 5.46. The van der Waals surface area contributed by atoms with Crippen LogP contribution in [0.4, 0.5) is 18.2 Å². The van der Waals surface area contributed by atoms with Crippen LogP contribution in [-0.2, 0) is 21.0 Å². The summed E-state index contributed by atoms with van der Waals surface area (Å²) in [5.41, 5.74) is 1.31. The number of amides is 2. The summed E-state index contributed by atoms with van der Waals surface area (Å²) >= 11 is 3.28. The van der Waals surface area contributed by atoms with Gasteiger partial charge >= 0.3 is 6.18 Å². The number of sulfonamides is 1. The van der Waals surface area contributed by atoms with E-state index in [1.807, 2.05) is 0 Å². The number of aliphatic hydroxyl groups is 1. The van der Waals surface area contributed by atoms with Gasteiger partial charge in [0.1, 0.15) is 15.5 Å². The van der Waals surface area contributed by atoms with Crippen LogP contribution >= 0.6 is 27.3 Å². The Morgan fingerprint density at radius 1 is 1.31 bits per heavy atom. The van der Waals surface area contributed by atoms with E-state index >= 15 is 0 Å². The highest BCUT2D eigenvalue weighted by molar-refractivity contribution is 9.10. The Morgan fingerprint density at radius 3 is 2.34 bits per heavy atom. The molecule has 2 heterocycles. The van der Waals surface area contributed by atoms with Gasteiger partial charge < -0.3 is 10.8 Å². The molecule has 2 amide bonds. The average molecular weight is 516 g/mol. The van der Waals surface area contributed by atoms with E-state index in [0.717, 1.165) is 13.8 Å². The molecule has 158 valence electrons. The number of rotatable bonds is 5. The molecular formula is C15H13BrF3N3O5S2. The van der Waals surface area contributed by atoms with Crippen molar-refractivity contribution in [2.24, 2.45) is 5.73 Å². The number of nitrogens with two attached hydrogens (primary N) is 1. The van der Waals surface area contributed by atoms with Crippen LogP contribution in [0.25, 0.3) is 0 Å². The molecule has 0 saturated carbocycles. The molecule has 0 atom stereocenters. The fourth-order valence-electron chi connectivity index (χ4n) is 2.08. The van der Waals surface area contributed by atoms with Crippen molar-refractivity contribution in [1.82, 2.24) is 4.98 Å². The molecule has 14 heteroatoms. The molecule has 0 spiro atoms. The second kappa shape index (κ2) is 7.66. The number of carbonyl (C=O) groups is 2. The fraction of sp³-hybridized carbons (Fsp3) is 0.267. The minimum absolute atomic E-state index is 0.133. The number of carbonyl (C=O) groups excluding carboxylic acids is 2. The van der Waals surface area contributed by atoms with E-state index in [1.54, 1.807) is 0 Å². The molecule has 29 heavy (non-hydrogen) atoms. The highest BCUT2D eigenvalue weighted by Crippen LogP contribution is 2.37. The van der Waals surface area contributed by atoms with Gasteiger partial charge in [-0.1, -0.05) is 0 Å². The van der Waals surface area contributed by atoms with Crippen molar-refractivity contribution in [1.29, 1.82) is 0 Å². The highest BCUT2D eigenvalue weighted by Gasteiger charge is 2.42. The number of hydrogen-bond acceptors (Lipinski definition) is 7. The van der Waals surface area contributed by atoms with Crippen molar-refractivity contribution in [3.63, 3.8) is 0 Å². The first kappa shape index (κ1) is 23.3. The Labute approximate surface area is 175 Å². The molecule has 0 bridgehead atoms. The lowest BCUT2D eigenvalue weighted by atomic mass is 10.1. The third kappa shape index (κ3) is 4.60. The number of anilines is 1. The Hall–Kier alpha value is -2.03. The maximum atomic E-state index is 13.1. The number of alkyl halides is 3. The van der Waals surface area contributed by atoms with Gasteiger partial charge in [0.05, 0.1) is 5.56 Å². The number of thiophene rings is 1. The minimum atomic E-state index is -4.88. The maximum Gasteiger partial charge on any atom is 0.434 e. The van der Waals surface area contributed by atoms with Crippen LogP contribution in [0.15, 0.2) is 33.1 Å². The second-order valence-corrected chi connectivity index (χ2v) is 9.67. The van der Waals surface area contributed by atoms with Gasteiger partial charge in [-0.3, -0.25) is 9.59 Å². The molecular weight excluding hydrogens is 503 g/mol. The summed E-state index contributed by atoms with van der Waals surface area (Å²) in [5.74, 6) is -2.39. The molecule has 0 aromatic carbocycles. The number of primary amides is 1. The molecule has 0 aliphatic carbocycles. The second-order valence-electron chi connectivity index (χ2n) is 6.14. The van der Waals surface area contributed by atoms with E-state index in [2.05, 4.69) is 20.9 Å². The van der Waals surface area contributed by atoms with Crippen LogP contribution in [0, 0.1) is 0 Å². The molecule has 2 aromatic heterocycles. The van der Waals surface area contributed by atoms with E-state index in [4.69, 9.17) is 5.73 Å². The van der Waals surface area contributed by atoms with Crippen molar-refractivity contribution in [2.75, 3.05) is 4.31 Å². The van der Waals surface area contributed by atoms with E-state index in [9.17, 15) is 36.3 Å². The normalized spacial score (nSPS) is 12.7. The van der Waals surface area contributed by atoms with Gasteiger partial charge in [-0.15, -0.1) is 11.3 Å². The monoisotopic (exact) mass is 515 g/mol. The van der Waals surface area contributed by atoms with Gasteiger partial charge in [0.15, 0.2) is 5.69 Å². The zero-order chi connectivity index (χ0) is 22.4. The highest BCUT2D eigenvalue weighted by atomic mass is 79.9. The Balaban J connectivity index is 2.73. The van der Waals surface area contributed by atoms with Crippen LogP contribution in [0.1, 0.15) is 29.9 Å². The number of aromatic nitrogens is 1. The van der Waals surface area contributed by atoms with E-state index < -0.39 is 53.7 Å². The summed E-state index contributed by atoms with van der Waals surface area (Å²) in [6.45, 7) is 2.02. The van der Waals surface area contributed by atoms with Crippen LogP contribution < -0.4 is 10.0 Å². The number of nitrogens with zero attached hydrogens (tertiary/aromatic N) is 2. The number of halogens is 4. The Bertz CT molecular complexity index is 1080. The van der Waals surface area contributed by atoms with Gasteiger partial charge in [0, 0.05) is 10.7 Å². The molecule has 8 nitrogen and oxygen atoms in total. The molecule has 0 unspecified atom stereocenters. The molecule has 2 rings (SSSR count). The average Bonchev–Trinajstić information content (AvgIpc) is 3.01. The summed E-state index contributed by atoms with van der Waals surface area (Å²) in [5, 5.41) is 10.9. The topological polar surface area (TPSA) is 131 Å². The largest absolute Gasteiger partial charge is 0.434 e. The smallest absolute Gasteiger partial charge is 0.381 e. The quantitative estimate of drug-likeness (QED) is 0.628. The van der Waals surface area contributed by atoms with Crippen molar-refractivity contribution in [3.8, 4) is 0 Å². The van der Waals surface area contributed by atoms with Crippen LogP contribution in [0.3, 0.4) is 0 Å². The maximum absolute atomic E-state index is 13.1. The third-order valence-electron chi connectivity index (χ3n) is 3.43. The molecule has 0 aliphatic heterocycles.